The molecule has 2 aliphatic rings. The summed E-state index contributed by atoms with van der Waals surface area (Å²) in [6.07, 6.45) is 4.53. The number of aromatic amines is 1. The quantitative estimate of drug-likeness (QED) is 0.596. The van der Waals surface area contributed by atoms with E-state index in [-0.39, 0.29) is 11.7 Å². The minimum absolute atomic E-state index is 0.0832. The molecule has 1 N–H and O–H groups in total. The van der Waals surface area contributed by atoms with E-state index in [1.54, 1.807) is 12.1 Å². The van der Waals surface area contributed by atoms with Gasteiger partial charge in [-0.3, -0.25) is 9.69 Å². The second kappa shape index (κ2) is 8.46. The predicted octanol–water partition coefficient (Wildman–Crippen LogP) is 5.21. The Morgan fingerprint density at radius 2 is 1.81 bits per heavy atom. The van der Waals surface area contributed by atoms with Crippen molar-refractivity contribution in [1.82, 2.24) is 14.8 Å². The van der Waals surface area contributed by atoms with Gasteiger partial charge in [-0.1, -0.05) is 36.4 Å². The molecule has 5 heteroatoms. The average molecular weight is 420 g/mol. The zero-order chi connectivity index (χ0) is 21.4. The van der Waals surface area contributed by atoms with E-state index < -0.39 is 0 Å². The molecule has 3 heterocycles. The molecule has 2 aliphatic heterocycles. The van der Waals surface area contributed by atoms with Crippen LogP contribution in [0.1, 0.15) is 48.7 Å². The summed E-state index contributed by atoms with van der Waals surface area (Å²) in [5.41, 5.74) is 2.46. The van der Waals surface area contributed by atoms with Crippen molar-refractivity contribution < 1.29 is 9.18 Å². The second-order valence-electron chi connectivity index (χ2n) is 9.10. The van der Waals surface area contributed by atoms with E-state index in [1.807, 2.05) is 47.4 Å². The van der Waals surface area contributed by atoms with Crippen LogP contribution in [0.15, 0.2) is 54.6 Å². The molecule has 31 heavy (non-hydrogen) atoms. The molecule has 2 aromatic carbocycles. The molecule has 0 spiro atoms. The highest BCUT2D eigenvalue weighted by Crippen LogP contribution is 2.40. The Morgan fingerprint density at radius 3 is 2.52 bits per heavy atom. The summed E-state index contributed by atoms with van der Waals surface area (Å²) in [7, 11) is 0. The Bertz CT molecular complexity index is 1030. The van der Waals surface area contributed by atoms with E-state index in [1.165, 1.54) is 12.8 Å². The van der Waals surface area contributed by atoms with Crippen molar-refractivity contribution in [1.29, 1.82) is 0 Å². The number of nitrogens with one attached hydrogen (secondary N) is 1. The molecule has 162 valence electrons. The smallest absolute Gasteiger partial charge is 0.270 e. The van der Waals surface area contributed by atoms with Crippen LogP contribution in [0.4, 0.5) is 4.39 Å². The van der Waals surface area contributed by atoms with Crippen LogP contribution in [0.3, 0.4) is 0 Å². The molecule has 2 fully saturated rings. The fraction of sp³-hybridized carbons (Fsp3) is 0.423. The minimum atomic E-state index is -0.106. The summed E-state index contributed by atoms with van der Waals surface area (Å²) < 4.78 is 14.2. The molecular weight excluding hydrogens is 389 g/mol. The van der Waals surface area contributed by atoms with Gasteiger partial charge in [0.1, 0.15) is 11.5 Å². The summed E-state index contributed by atoms with van der Waals surface area (Å²) in [5, 5.41) is 1.07. The summed E-state index contributed by atoms with van der Waals surface area (Å²) in [6, 6.07) is 18.1. The maximum atomic E-state index is 14.2. The minimum Gasteiger partial charge on any atom is -0.351 e. The van der Waals surface area contributed by atoms with Gasteiger partial charge in [0.2, 0.25) is 0 Å². The number of amides is 1. The summed E-state index contributed by atoms with van der Waals surface area (Å²) in [5.74, 6) is 0.479. The summed E-state index contributed by atoms with van der Waals surface area (Å²) in [4.78, 5) is 21.0. The maximum absolute atomic E-state index is 14.2. The number of piperidine rings is 1. The first-order valence-electron chi connectivity index (χ1n) is 11.5. The predicted molar refractivity (Wildman–Crippen MR) is 121 cm³/mol. The molecule has 5 rings (SSSR count). The van der Waals surface area contributed by atoms with Gasteiger partial charge in [-0.05, 0) is 56.7 Å². The van der Waals surface area contributed by atoms with E-state index in [0.29, 0.717) is 36.8 Å². The molecule has 4 nitrogen and oxygen atoms in total. The van der Waals surface area contributed by atoms with Gasteiger partial charge in [0.15, 0.2) is 0 Å². The van der Waals surface area contributed by atoms with Crippen molar-refractivity contribution in [2.45, 2.75) is 51.2 Å². The van der Waals surface area contributed by atoms with Crippen molar-refractivity contribution in [3.8, 4) is 0 Å². The van der Waals surface area contributed by atoms with Gasteiger partial charge in [0.25, 0.3) is 5.91 Å². The molecule has 1 amide bonds. The summed E-state index contributed by atoms with van der Waals surface area (Å²) >= 11 is 0. The van der Waals surface area contributed by atoms with Crippen LogP contribution < -0.4 is 0 Å². The molecule has 0 saturated carbocycles. The monoisotopic (exact) mass is 419 g/mol. The van der Waals surface area contributed by atoms with Crippen LogP contribution in [0.2, 0.25) is 0 Å². The lowest BCUT2D eigenvalue weighted by atomic mass is 9.89. The van der Waals surface area contributed by atoms with Gasteiger partial charge in [-0.15, -0.1) is 0 Å². The SMILES string of the molecule is CCN(CC1CC2CCC(C1)N2Cc1ccccc1F)C(=O)c1cc2ccccc2[nH]1. The number of H-pyrrole nitrogens is 1. The van der Waals surface area contributed by atoms with Crippen LogP contribution in [0, 0.1) is 11.7 Å². The average Bonchev–Trinajstić information content (AvgIpc) is 3.31. The third-order valence-corrected chi connectivity index (χ3v) is 7.20. The van der Waals surface area contributed by atoms with Crippen molar-refractivity contribution in [2.24, 2.45) is 5.92 Å². The Kier molecular flexibility index (Phi) is 5.53. The van der Waals surface area contributed by atoms with Crippen molar-refractivity contribution in [3.05, 3.63) is 71.7 Å². The molecule has 1 aromatic heterocycles. The van der Waals surface area contributed by atoms with Crippen LogP contribution >= 0.6 is 0 Å². The normalized spacial score (nSPS) is 23.4. The van der Waals surface area contributed by atoms with Crippen molar-refractivity contribution >= 4 is 16.8 Å². The molecule has 3 aromatic rings. The zero-order valence-corrected chi connectivity index (χ0v) is 18.1. The summed E-state index contributed by atoms with van der Waals surface area (Å²) in [6.45, 7) is 4.26. The number of benzene rings is 2. The number of para-hydroxylation sites is 1. The zero-order valence-electron chi connectivity index (χ0n) is 18.1. The number of carbonyl (C=O) groups excluding carboxylic acids is 1. The molecule has 2 atom stereocenters. The molecule has 0 aliphatic carbocycles. The number of rotatable bonds is 6. The van der Waals surface area contributed by atoms with E-state index in [4.69, 9.17) is 0 Å². The number of aromatic nitrogens is 1. The van der Waals surface area contributed by atoms with Crippen LogP contribution in [0.5, 0.6) is 0 Å². The lowest BCUT2D eigenvalue weighted by Gasteiger charge is -2.40. The van der Waals surface area contributed by atoms with Crippen molar-refractivity contribution in [2.75, 3.05) is 13.1 Å². The lowest BCUT2D eigenvalue weighted by molar-refractivity contribution is 0.0585. The Hall–Kier alpha value is -2.66. The molecule has 0 radical (unpaired) electrons. The Morgan fingerprint density at radius 1 is 1.10 bits per heavy atom. The van der Waals surface area contributed by atoms with Gasteiger partial charge < -0.3 is 9.88 Å². The highest BCUT2D eigenvalue weighted by molar-refractivity contribution is 5.98. The Balaban J connectivity index is 1.25. The number of hydrogen-bond acceptors (Lipinski definition) is 2. The standard InChI is InChI=1S/C26H30FN3O/c1-2-29(26(31)25-15-19-7-4-6-10-24(19)28-25)16-18-13-21-11-12-22(14-18)30(21)17-20-8-3-5-9-23(20)27/h3-10,15,18,21-22,28H,2,11-14,16-17H2,1H3. The third kappa shape index (κ3) is 3.99. The van der Waals surface area contributed by atoms with Gasteiger partial charge >= 0.3 is 0 Å². The fourth-order valence-electron chi connectivity index (χ4n) is 5.64. The first-order valence-corrected chi connectivity index (χ1v) is 11.5. The number of halogens is 1. The lowest BCUT2D eigenvalue weighted by Crippen LogP contribution is -2.46. The highest BCUT2D eigenvalue weighted by Gasteiger charge is 2.41. The molecule has 2 bridgehead atoms. The number of hydrogen-bond donors (Lipinski definition) is 1. The largest absolute Gasteiger partial charge is 0.351 e. The van der Waals surface area contributed by atoms with E-state index >= 15 is 0 Å². The first kappa shape index (κ1) is 20.3. The number of nitrogens with zero attached hydrogens (tertiary/aromatic N) is 2. The molecular formula is C26H30FN3O. The number of carbonyl (C=O) groups is 1. The fourth-order valence-corrected chi connectivity index (χ4v) is 5.64. The Labute approximate surface area is 183 Å². The topological polar surface area (TPSA) is 39.3 Å². The first-order chi connectivity index (χ1) is 15.1. The highest BCUT2D eigenvalue weighted by atomic mass is 19.1. The molecule has 2 saturated heterocycles. The second-order valence-corrected chi connectivity index (χ2v) is 9.10. The number of fused-ring (bicyclic) bond motifs is 3. The van der Waals surface area contributed by atoms with E-state index in [0.717, 1.165) is 35.9 Å². The van der Waals surface area contributed by atoms with Crippen LogP contribution in [-0.4, -0.2) is 45.9 Å². The van der Waals surface area contributed by atoms with E-state index in [2.05, 4.69) is 16.8 Å². The van der Waals surface area contributed by atoms with Crippen LogP contribution in [-0.2, 0) is 6.54 Å². The van der Waals surface area contributed by atoms with Gasteiger partial charge in [0.05, 0.1) is 0 Å². The van der Waals surface area contributed by atoms with E-state index in [9.17, 15) is 9.18 Å². The maximum Gasteiger partial charge on any atom is 0.270 e. The molecule has 2 unspecified atom stereocenters. The van der Waals surface area contributed by atoms with Gasteiger partial charge in [-0.25, -0.2) is 4.39 Å². The van der Waals surface area contributed by atoms with Crippen molar-refractivity contribution in [3.63, 3.8) is 0 Å². The van der Waals surface area contributed by atoms with Gasteiger partial charge in [0, 0.05) is 48.2 Å². The van der Waals surface area contributed by atoms with Crippen LogP contribution in [0.25, 0.3) is 10.9 Å². The third-order valence-electron chi connectivity index (χ3n) is 7.20. The van der Waals surface area contributed by atoms with Gasteiger partial charge in [-0.2, -0.15) is 0 Å².